The van der Waals surface area contributed by atoms with Crippen molar-refractivity contribution in [1.82, 2.24) is 19.9 Å². The number of rotatable bonds is 5. The summed E-state index contributed by atoms with van der Waals surface area (Å²) in [5.74, 6) is 1.46. The summed E-state index contributed by atoms with van der Waals surface area (Å²) in [7, 11) is 0. The molecule has 3 heterocycles. The van der Waals surface area contributed by atoms with Gasteiger partial charge in [0.05, 0.1) is 6.54 Å². The fourth-order valence-electron chi connectivity index (χ4n) is 2.73. The van der Waals surface area contributed by atoms with Crippen LogP contribution < -0.4 is 0 Å². The minimum Gasteiger partial charge on any atom is -0.340 e. The zero-order chi connectivity index (χ0) is 14.5. The Morgan fingerprint density at radius 3 is 2.86 bits per heavy atom. The molecule has 3 rings (SSSR count). The Balaban J connectivity index is 1.45. The summed E-state index contributed by atoms with van der Waals surface area (Å²) in [4.78, 5) is 10.8. The van der Waals surface area contributed by atoms with Crippen molar-refractivity contribution in [2.45, 2.75) is 26.3 Å². The van der Waals surface area contributed by atoms with E-state index in [-0.39, 0.29) is 0 Å². The van der Waals surface area contributed by atoms with Crippen LogP contribution in [0.1, 0.15) is 23.0 Å². The number of hydrogen-bond donors (Lipinski definition) is 0. The molecule has 1 saturated heterocycles. The molecule has 2 aromatic heterocycles. The van der Waals surface area contributed by atoms with Gasteiger partial charge in [-0.15, -0.1) is 11.3 Å². The molecule has 0 radical (unpaired) electrons. The second-order valence-electron chi connectivity index (χ2n) is 5.53. The van der Waals surface area contributed by atoms with Crippen LogP contribution in [0.15, 0.2) is 22.0 Å². The minimum absolute atomic E-state index is 0.650. The van der Waals surface area contributed by atoms with Crippen LogP contribution in [0.3, 0.4) is 0 Å². The third kappa shape index (κ3) is 4.36. The van der Waals surface area contributed by atoms with Gasteiger partial charge in [0.15, 0.2) is 5.82 Å². The lowest BCUT2D eigenvalue weighted by atomic mass is 10.3. The smallest absolute Gasteiger partial charge is 0.223 e. The Morgan fingerprint density at radius 1 is 1.24 bits per heavy atom. The third-order valence-corrected chi connectivity index (χ3v) is 4.81. The van der Waals surface area contributed by atoms with Crippen LogP contribution in [-0.2, 0) is 13.0 Å². The van der Waals surface area contributed by atoms with Crippen molar-refractivity contribution in [3.05, 3.63) is 34.1 Å². The van der Waals surface area contributed by atoms with E-state index >= 15 is 0 Å². The van der Waals surface area contributed by atoms with Gasteiger partial charge in [0.25, 0.3) is 0 Å². The summed E-state index contributed by atoms with van der Waals surface area (Å²) in [6, 6.07) is 4.37. The maximum Gasteiger partial charge on any atom is 0.223 e. The first-order chi connectivity index (χ1) is 10.3. The van der Waals surface area contributed by atoms with E-state index in [1.807, 2.05) is 18.3 Å². The van der Waals surface area contributed by atoms with E-state index in [9.17, 15) is 0 Å². The van der Waals surface area contributed by atoms with E-state index in [2.05, 4.69) is 37.5 Å². The average molecular weight is 306 g/mol. The van der Waals surface area contributed by atoms with Crippen molar-refractivity contribution >= 4 is 11.3 Å². The SMILES string of the molecule is Cc1nc(CN2CCCN(CCc3cccs3)CC2)no1. The summed E-state index contributed by atoms with van der Waals surface area (Å²) >= 11 is 1.86. The van der Waals surface area contributed by atoms with E-state index in [1.165, 1.54) is 24.3 Å². The van der Waals surface area contributed by atoms with Gasteiger partial charge in [0, 0.05) is 31.4 Å². The van der Waals surface area contributed by atoms with E-state index in [0.29, 0.717) is 5.89 Å². The van der Waals surface area contributed by atoms with Gasteiger partial charge in [-0.2, -0.15) is 4.98 Å². The summed E-state index contributed by atoms with van der Waals surface area (Å²) in [5.41, 5.74) is 0. The fraction of sp³-hybridized carbons (Fsp3) is 0.600. The minimum atomic E-state index is 0.650. The van der Waals surface area contributed by atoms with Gasteiger partial charge in [-0.05, 0) is 37.4 Å². The highest BCUT2D eigenvalue weighted by Gasteiger charge is 2.16. The van der Waals surface area contributed by atoms with Gasteiger partial charge >= 0.3 is 0 Å². The quantitative estimate of drug-likeness (QED) is 0.847. The summed E-state index contributed by atoms with van der Waals surface area (Å²) < 4.78 is 5.04. The molecule has 21 heavy (non-hydrogen) atoms. The van der Waals surface area contributed by atoms with Crippen LogP contribution in [0.2, 0.25) is 0 Å². The van der Waals surface area contributed by atoms with E-state index in [4.69, 9.17) is 4.52 Å². The van der Waals surface area contributed by atoms with Crippen molar-refractivity contribution < 1.29 is 4.52 Å². The normalized spacial score (nSPS) is 18.0. The largest absolute Gasteiger partial charge is 0.340 e. The summed E-state index contributed by atoms with van der Waals surface area (Å²) in [5, 5.41) is 6.15. The molecule has 6 heteroatoms. The van der Waals surface area contributed by atoms with Crippen LogP contribution in [-0.4, -0.2) is 52.7 Å². The van der Waals surface area contributed by atoms with E-state index < -0.39 is 0 Å². The van der Waals surface area contributed by atoms with Gasteiger partial charge in [0.1, 0.15) is 0 Å². The van der Waals surface area contributed by atoms with Gasteiger partial charge in [0.2, 0.25) is 5.89 Å². The van der Waals surface area contributed by atoms with Crippen molar-refractivity contribution in [2.24, 2.45) is 0 Å². The molecule has 0 bridgehead atoms. The number of aromatic nitrogens is 2. The summed E-state index contributed by atoms with van der Waals surface area (Å²) in [6.45, 7) is 8.31. The molecule has 1 aliphatic rings. The molecule has 5 nitrogen and oxygen atoms in total. The Morgan fingerprint density at radius 2 is 2.10 bits per heavy atom. The molecule has 1 fully saturated rings. The molecule has 0 amide bonds. The van der Waals surface area contributed by atoms with Crippen molar-refractivity contribution in [3.8, 4) is 0 Å². The molecule has 0 saturated carbocycles. The second-order valence-corrected chi connectivity index (χ2v) is 6.56. The standard InChI is InChI=1S/C15H22N4OS/c1-13-16-15(17-20-13)12-19-7-3-6-18(9-10-19)8-5-14-4-2-11-21-14/h2,4,11H,3,5-10,12H2,1H3. The first-order valence-corrected chi connectivity index (χ1v) is 8.44. The number of aryl methyl sites for hydroxylation is 1. The summed E-state index contributed by atoms with van der Waals surface area (Å²) in [6.07, 6.45) is 2.38. The lowest BCUT2D eigenvalue weighted by Crippen LogP contribution is -2.32. The maximum atomic E-state index is 5.04. The predicted molar refractivity (Wildman–Crippen MR) is 83.4 cm³/mol. The molecule has 0 aromatic carbocycles. The number of hydrogen-bond acceptors (Lipinski definition) is 6. The van der Waals surface area contributed by atoms with Crippen molar-refractivity contribution in [2.75, 3.05) is 32.7 Å². The van der Waals surface area contributed by atoms with Gasteiger partial charge in [-0.3, -0.25) is 4.90 Å². The van der Waals surface area contributed by atoms with Gasteiger partial charge in [-0.1, -0.05) is 11.2 Å². The van der Waals surface area contributed by atoms with Crippen LogP contribution in [0, 0.1) is 6.92 Å². The Bertz CT molecular complexity index is 540. The van der Waals surface area contributed by atoms with Gasteiger partial charge in [-0.25, -0.2) is 0 Å². The fourth-order valence-corrected chi connectivity index (χ4v) is 3.43. The third-order valence-electron chi connectivity index (χ3n) is 3.87. The molecule has 0 unspecified atom stereocenters. The lowest BCUT2D eigenvalue weighted by Gasteiger charge is -2.20. The molecular formula is C15H22N4OS. The second kappa shape index (κ2) is 7.15. The van der Waals surface area contributed by atoms with Crippen LogP contribution in [0.4, 0.5) is 0 Å². The molecule has 0 spiro atoms. The van der Waals surface area contributed by atoms with E-state index in [1.54, 1.807) is 0 Å². The predicted octanol–water partition coefficient (Wildman–Crippen LogP) is 2.19. The zero-order valence-corrected chi connectivity index (χ0v) is 13.3. The molecule has 2 aromatic rings. The monoisotopic (exact) mass is 306 g/mol. The molecular weight excluding hydrogens is 284 g/mol. The average Bonchev–Trinajstić information content (AvgIpc) is 3.07. The Hall–Kier alpha value is -1.24. The van der Waals surface area contributed by atoms with Crippen LogP contribution in [0.5, 0.6) is 0 Å². The van der Waals surface area contributed by atoms with E-state index in [0.717, 1.165) is 38.5 Å². The highest BCUT2D eigenvalue weighted by atomic mass is 32.1. The first-order valence-electron chi connectivity index (χ1n) is 7.56. The van der Waals surface area contributed by atoms with Crippen molar-refractivity contribution in [1.29, 1.82) is 0 Å². The Labute approximate surface area is 129 Å². The lowest BCUT2D eigenvalue weighted by molar-refractivity contribution is 0.246. The zero-order valence-electron chi connectivity index (χ0n) is 12.5. The molecule has 1 aliphatic heterocycles. The Kier molecular flexibility index (Phi) is 5.00. The number of nitrogens with zero attached hydrogens (tertiary/aromatic N) is 4. The highest BCUT2D eigenvalue weighted by Crippen LogP contribution is 2.12. The topological polar surface area (TPSA) is 45.4 Å². The first kappa shape index (κ1) is 14.7. The molecule has 0 aliphatic carbocycles. The van der Waals surface area contributed by atoms with Gasteiger partial charge < -0.3 is 9.42 Å². The maximum absolute atomic E-state index is 5.04. The van der Waals surface area contributed by atoms with Crippen LogP contribution in [0.25, 0.3) is 0 Å². The molecule has 0 atom stereocenters. The molecule has 0 N–H and O–H groups in total. The van der Waals surface area contributed by atoms with Crippen molar-refractivity contribution in [3.63, 3.8) is 0 Å². The highest BCUT2D eigenvalue weighted by molar-refractivity contribution is 7.09. The van der Waals surface area contributed by atoms with Crippen LogP contribution >= 0.6 is 11.3 Å². The number of thiophene rings is 1. The molecule has 114 valence electrons.